The third kappa shape index (κ3) is 4.04. The average Bonchev–Trinajstić information content (AvgIpc) is 2.21. The van der Waals surface area contributed by atoms with E-state index in [0.717, 1.165) is 16.6 Å². The number of nitrogens with two attached hydrogens (primary N) is 1. The summed E-state index contributed by atoms with van der Waals surface area (Å²) in [7, 11) is 0. The molecule has 0 radical (unpaired) electrons. The molecule has 0 saturated carbocycles. The minimum absolute atomic E-state index is 0.198. The SMILES string of the molecule is Cc1ccc(OCCC(C)(C)C(=N)N)c(Br)c1. The van der Waals surface area contributed by atoms with Crippen molar-refractivity contribution >= 4 is 21.8 Å². The summed E-state index contributed by atoms with van der Waals surface area (Å²) >= 11 is 3.46. The predicted molar refractivity (Wildman–Crippen MR) is 74.7 cm³/mol. The molecule has 0 aliphatic carbocycles. The van der Waals surface area contributed by atoms with Crippen molar-refractivity contribution in [2.45, 2.75) is 27.2 Å². The van der Waals surface area contributed by atoms with Crippen LogP contribution in [-0.4, -0.2) is 12.4 Å². The average molecular weight is 299 g/mol. The molecule has 0 spiro atoms. The van der Waals surface area contributed by atoms with Crippen molar-refractivity contribution in [2.24, 2.45) is 11.1 Å². The van der Waals surface area contributed by atoms with Gasteiger partial charge in [-0.05, 0) is 47.0 Å². The van der Waals surface area contributed by atoms with Crippen LogP contribution in [0.4, 0.5) is 0 Å². The van der Waals surface area contributed by atoms with E-state index in [-0.39, 0.29) is 11.3 Å². The van der Waals surface area contributed by atoms with Gasteiger partial charge in [-0.15, -0.1) is 0 Å². The lowest BCUT2D eigenvalue weighted by Crippen LogP contribution is -2.32. The van der Waals surface area contributed by atoms with Gasteiger partial charge in [0.25, 0.3) is 0 Å². The molecular formula is C13H19BrN2O. The monoisotopic (exact) mass is 298 g/mol. The molecular weight excluding hydrogens is 280 g/mol. The van der Waals surface area contributed by atoms with Gasteiger partial charge in [-0.3, -0.25) is 5.41 Å². The van der Waals surface area contributed by atoms with Crippen molar-refractivity contribution in [3.63, 3.8) is 0 Å². The van der Waals surface area contributed by atoms with Crippen LogP contribution >= 0.6 is 15.9 Å². The Labute approximate surface area is 111 Å². The van der Waals surface area contributed by atoms with Crippen molar-refractivity contribution in [3.05, 3.63) is 28.2 Å². The molecule has 0 saturated heterocycles. The van der Waals surface area contributed by atoms with Crippen molar-refractivity contribution in [1.82, 2.24) is 0 Å². The Hall–Kier alpha value is -1.03. The molecule has 4 heteroatoms. The van der Waals surface area contributed by atoms with Gasteiger partial charge >= 0.3 is 0 Å². The minimum Gasteiger partial charge on any atom is -0.492 e. The lowest BCUT2D eigenvalue weighted by molar-refractivity contribution is 0.267. The van der Waals surface area contributed by atoms with Gasteiger partial charge in [0.2, 0.25) is 0 Å². The van der Waals surface area contributed by atoms with Crippen LogP contribution in [0.3, 0.4) is 0 Å². The Kier molecular flexibility index (Phi) is 4.57. The van der Waals surface area contributed by atoms with Gasteiger partial charge in [-0.25, -0.2) is 0 Å². The fourth-order valence-electron chi connectivity index (χ4n) is 1.27. The number of amidine groups is 1. The maximum Gasteiger partial charge on any atom is 0.133 e. The lowest BCUT2D eigenvalue weighted by Gasteiger charge is -2.22. The maximum absolute atomic E-state index is 7.46. The number of ether oxygens (including phenoxy) is 1. The Balaban J connectivity index is 2.54. The van der Waals surface area contributed by atoms with Gasteiger partial charge in [0.15, 0.2) is 0 Å². The third-order valence-corrected chi connectivity index (χ3v) is 3.42. The van der Waals surface area contributed by atoms with E-state index in [9.17, 15) is 0 Å². The van der Waals surface area contributed by atoms with E-state index in [0.29, 0.717) is 6.61 Å². The van der Waals surface area contributed by atoms with Gasteiger partial charge in [-0.1, -0.05) is 19.9 Å². The second-order valence-corrected chi connectivity index (χ2v) is 5.68. The Bertz CT molecular complexity index is 416. The Morgan fingerprint density at radius 3 is 2.65 bits per heavy atom. The summed E-state index contributed by atoms with van der Waals surface area (Å²) in [6.45, 7) is 6.48. The molecule has 0 heterocycles. The first-order valence-electron chi connectivity index (χ1n) is 5.56. The molecule has 0 unspecified atom stereocenters. The van der Waals surface area contributed by atoms with Crippen LogP contribution in [0.1, 0.15) is 25.8 Å². The van der Waals surface area contributed by atoms with Gasteiger partial charge in [-0.2, -0.15) is 0 Å². The first-order chi connectivity index (χ1) is 7.83. The van der Waals surface area contributed by atoms with Crippen LogP contribution in [0, 0.1) is 17.7 Å². The van der Waals surface area contributed by atoms with Crippen molar-refractivity contribution in [2.75, 3.05) is 6.61 Å². The fraction of sp³-hybridized carbons (Fsp3) is 0.462. The predicted octanol–water partition coefficient (Wildman–Crippen LogP) is 3.49. The molecule has 0 aromatic heterocycles. The summed E-state index contributed by atoms with van der Waals surface area (Å²) in [5.74, 6) is 1.03. The second-order valence-electron chi connectivity index (χ2n) is 4.83. The molecule has 17 heavy (non-hydrogen) atoms. The van der Waals surface area contributed by atoms with Gasteiger partial charge in [0, 0.05) is 5.41 Å². The molecule has 1 rings (SSSR count). The molecule has 3 N–H and O–H groups in total. The highest BCUT2D eigenvalue weighted by Gasteiger charge is 2.21. The lowest BCUT2D eigenvalue weighted by atomic mass is 9.88. The normalized spacial score (nSPS) is 11.3. The quantitative estimate of drug-likeness (QED) is 0.646. The summed E-state index contributed by atoms with van der Waals surface area (Å²) in [4.78, 5) is 0. The first-order valence-corrected chi connectivity index (χ1v) is 6.36. The van der Waals surface area contributed by atoms with Crippen LogP contribution in [0.5, 0.6) is 5.75 Å². The molecule has 0 atom stereocenters. The first kappa shape index (κ1) is 14.0. The number of benzene rings is 1. The smallest absolute Gasteiger partial charge is 0.133 e. The number of hydrogen-bond acceptors (Lipinski definition) is 2. The van der Waals surface area contributed by atoms with E-state index < -0.39 is 0 Å². The number of rotatable bonds is 5. The van der Waals surface area contributed by atoms with E-state index in [4.69, 9.17) is 15.9 Å². The molecule has 0 bridgehead atoms. The van der Waals surface area contributed by atoms with E-state index in [1.54, 1.807) is 0 Å². The van der Waals surface area contributed by atoms with Crippen LogP contribution < -0.4 is 10.5 Å². The summed E-state index contributed by atoms with van der Waals surface area (Å²) in [6.07, 6.45) is 0.725. The van der Waals surface area contributed by atoms with Crippen LogP contribution in [0.25, 0.3) is 0 Å². The Morgan fingerprint density at radius 2 is 2.12 bits per heavy atom. The molecule has 0 aliphatic rings. The summed E-state index contributed by atoms with van der Waals surface area (Å²) in [6, 6.07) is 5.97. The third-order valence-electron chi connectivity index (χ3n) is 2.80. The number of hydrogen-bond donors (Lipinski definition) is 2. The largest absolute Gasteiger partial charge is 0.492 e. The highest BCUT2D eigenvalue weighted by molar-refractivity contribution is 9.10. The highest BCUT2D eigenvalue weighted by Crippen LogP contribution is 2.27. The van der Waals surface area contributed by atoms with Gasteiger partial charge in [0.1, 0.15) is 5.75 Å². The highest BCUT2D eigenvalue weighted by atomic mass is 79.9. The number of nitrogens with one attached hydrogen (secondary N) is 1. The molecule has 0 amide bonds. The molecule has 94 valence electrons. The van der Waals surface area contributed by atoms with Crippen molar-refractivity contribution in [1.29, 1.82) is 5.41 Å². The summed E-state index contributed by atoms with van der Waals surface area (Å²) in [5, 5.41) is 7.46. The maximum atomic E-state index is 7.46. The molecule has 1 aromatic rings. The van der Waals surface area contributed by atoms with Gasteiger partial charge in [0.05, 0.1) is 16.9 Å². The number of aryl methyl sites for hydroxylation is 1. The second kappa shape index (κ2) is 5.54. The molecule has 0 aliphatic heterocycles. The summed E-state index contributed by atoms with van der Waals surface area (Å²) < 4.78 is 6.64. The van der Waals surface area contributed by atoms with Crippen molar-refractivity contribution in [3.8, 4) is 5.75 Å². The summed E-state index contributed by atoms with van der Waals surface area (Å²) in [5.41, 5.74) is 6.40. The minimum atomic E-state index is -0.308. The van der Waals surface area contributed by atoms with E-state index >= 15 is 0 Å². The topological polar surface area (TPSA) is 59.1 Å². The van der Waals surface area contributed by atoms with Gasteiger partial charge < -0.3 is 10.5 Å². The number of halogens is 1. The molecule has 1 aromatic carbocycles. The van der Waals surface area contributed by atoms with Crippen LogP contribution in [0.15, 0.2) is 22.7 Å². The van der Waals surface area contributed by atoms with E-state index in [1.165, 1.54) is 5.56 Å². The zero-order valence-electron chi connectivity index (χ0n) is 10.5. The molecule has 3 nitrogen and oxygen atoms in total. The van der Waals surface area contributed by atoms with Crippen LogP contribution in [0.2, 0.25) is 0 Å². The fourth-order valence-corrected chi connectivity index (χ4v) is 1.88. The van der Waals surface area contributed by atoms with E-state index in [2.05, 4.69) is 15.9 Å². The Morgan fingerprint density at radius 1 is 1.47 bits per heavy atom. The zero-order chi connectivity index (χ0) is 13.1. The molecule has 0 fully saturated rings. The standard InChI is InChI=1S/C13H19BrN2O/c1-9-4-5-11(10(14)8-9)17-7-6-13(2,3)12(15)16/h4-5,8H,6-7H2,1-3H3,(H3,15,16). The van der Waals surface area contributed by atoms with E-state index in [1.807, 2.05) is 39.0 Å². The van der Waals surface area contributed by atoms with Crippen LogP contribution in [-0.2, 0) is 0 Å². The zero-order valence-corrected chi connectivity index (χ0v) is 12.1. The van der Waals surface area contributed by atoms with Crippen molar-refractivity contribution < 1.29 is 4.74 Å².